The second kappa shape index (κ2) is 41.2. The molecule has 1 rings (SSSR count). The Morgan fingerprint density at radius 1 is 0.603 bits per heavy atom. The average Bonchev–Trinajstić information content (AvgIpc) is 3.26. The van der Waals surface area contributed by atoms with Crippen molar-refractivity contribution in [1.82, 2.24) is 0 Å². The van der Waals surface area contributed by atoms with Gasteiger partial charge in [-0.1, -0.05) is 158 Å². The van der Waals surface area contributed by atoms with Gasteiger partial charge < -0.3 is 34.3 Å². The highest BCUT2D eigenvalue weighted by Gasteiger charge is 2.48. The van der Waals surface area contributed by atoms with E-state index in [1.165, 1.54) is 70.6 Å². The Hall–Kier alpha value is -2.20. The number of rotatable bonds is 42. The van der Waals surface area contributed by atoms with E-state index in [4.69, 9.17) is 18.9 Å². The summed E-state index contributed by atoms with van der Waals surface area (Å²) in [4.78, 5) is 12.9. The SMILES string of the molecule is CCCCC/C=C\C/C=C\C/C=C\CCCCCCCCC(=O)OC(COCCCCCCCC/C=C\C/C=C\CCCCCC)COC1OC(CO)C(O)C(OS(=O)(=O)O)C1O. The Morgan fingerprint density at radius 3 is 1.56 bits per heavy atom. The Morgan fingerprint density at radius 2 is 1.05 bits per heavy atom. The van der Waals surface area contributed by atoms with Crippen molar-refractivity contribution in [2.24, 2.45) is 0 Å². The van der Waals surface area contributed by atoms with Crippen molar-refractivity contribution in [3.63, 3.8) is 0 Å². The largest absolute Gasteiger partial charge is 0.457 e. The fourth-order valence-corrected chi connectivity index (χ4v) is 7.63. The van der Waals surface area contributed by atoms with Crippen molar-refractivity contribution in [2.75, 3.05) is 26.4 Å². The Balaban J connectivity index is 2.42. The molecule has 0 aromatic carbocycles. The second-order valence-electron chi connectivity index (χ2n) is 16.7. The van der Waals surface area contributed by atoms with Crippen LogP contribution in [0.25, 0.3) is 0 Å². The number of ether oxygens (including phenoxy) is 4. The van der Waals surface area contributed by atoms with E-state index in [2.05, 4.69) is 78.8 Å². The molecule has 1 aliphatic heterocycles. The summed E-state index contributed by atoms with van der Waals surface area (Å²) in [6.07, 6.45) is 42.4. The molecule has 4 N–H and O–H groups in total. The van der Waals surface area contributed by atoms with Gasteiger partial charge in [-0.15, -0.1) is 0 Å². The van der Waals surface area contributed by atoms with Crippen molar-refractivity contribution in [3.8, 4) is 0 Å². The van der Waals surface area contributed by atoms with Crippen molar-refractivity contribution in [2.45, 2.75) is 224 Å². The maximum atomic E-state index is 12.9. The highest BCUT2D eigenvalue weighted by atomic mass is 32.3. The van der Waals surface area contributed by atoms with E-state index < -0.39 is 59.8 Å². The van der Waals surface area contributed by atoms with E-state index in [9.17, 15) is 33.1 Å². The van der Waals surface area contributed by atoms with E-state index in [-0.39, 0.29) is 19.6 Å². The highest BCUT2D eigenvalue weighted by Crippen LogP contribution is 2.26. The number of hydrogen-bond donors (Lipinski definition) is 4. The number of aliphatic hydroxyl groups excluding tert-OH is 3. The highest BCUT2D eigenvalue weighted by molar-refractivity contribution is 7.80. The molecule has 1 heterocycles. The molecule has 0 aromatic heterocycles. The van der Waals surface area contributed by atoms with Crippen LogP contribution in [0.3, 0.4) is 0 Å². The van der Waals surface area contributed by atoms with Crippen LogP contribution in [0.1, 0.15) is 187 Å². The zero-order valence-electron chi connectivity index (χ0n) is 39.1. The van der Waals surface area contributed by atoms with Crippen molar-refractivity contribution in [1.29, 1.82) is 0 Å². The summed E-state index contributed by atoms with van der Waals surface area (Å²) >= 11 is 0. The van der Waals surface area contributed by atoms with Crippen LogP contribution in [-0.4, -0.2) is 97.5 Å². The number of allylic oxidation sites excluding steroid dienone is 10. The smallest absolute Gasteiger partial charge is 0.397 e. The predicted molar refractivity (Wildman–Crippen MR) is 253 cm³/mol. The molecule has 1 saturated heterocycles. The summed E-state index contributed by atoms with van der Waals surface area (Å²) in [6, 6.07) is 0. The molecule has 0 bridgehead atoms. The minimum atomic E-state index is -5.07. The zero-order chi connectivity index (χ0) is 46.1. The summed E-state index contributed by atoms with van der Waals surface area (Å²) in [5, 5.41) is 30.7. The Labute approximate surface area is 382 Å². The van der Waals surface area contributed by atoms with Gasteiger partial charge >= 0.3 is 16.4 Å². The van der Waals surface area contributed by atoms with Gasteiger partial charge in [-0.05, 0) is 83.5 Å². The maximum Gasteiger partial charge on any atom is 0.397 e. The number of carbonyl (C=O) groups is 1. The summed E-state index contributed by atoms with van der Waals surface area (Å²) in [6.45, 7) is 3.90. The van der Waals surface area contributed by atoms with Crippen LogP contribution in [0.15, 0.2) is 60.8 Å². The van der Waals surface area contributed by atoms with Gasteiger partial charge in [0.1, 0.15) is 30.5 Å². The minimum Gasteiger partial charge on any atom is -0.457 e. The third kappa shape index (κ3) is 34.8. The standard InChI is InChI=1S/C50H88O12S/c1-3-5-7-9-11-13-15-17-19-21-22-23-25-27-29-31-33-35-37-39-46(52)60-44(43-59-50-48(54)49(62-63(55,56)57)47(53)45(41-51)61-50)42-58-40-38-36-34-32-30-28-26-24-20-18-16-14-12-10-8-6-4-2/h11,13-14,16-17,19-20,22-24,44-45,47-51,53-54H,3-10,12,15,18,21,25-43H2,1-2H3,(H,55,56,57)/b13-11-,16-14-,19-17-,23-22-,24-20-. The molecule has 0 aromatic rings. The monoisotopic (exact) mass is 913 g/mol. The summed E-state index contributed by atoms with van der Waals surface area (Å²) in [5.41, 5.74) is 0. The quantitative estimate of drug-likeness (QED) is 0.0197. The predicted octanol–water partition coefficient (Wildman–Crippen LogP) is 10.9. The number of hydrogen-bond acceptors (Lipinski definition) is 11. The lowest BCUT2D eigenvalue weighted by atomic mass is 9.99. The van der Waals surface area contributed by atoms with Crippen LogP contribution in [0, 0.1) is 0 Å². The average molecular weight is 913 g/mol. The van der Waals surface area contributed by atoms with Crippen LogP contribution in [0.5, 0.6) is 0 Å². The lowest BCUT2D eigenvalue weighted by Crippen LogP contribution is -2.60. The summed E-state index contributed by atoms with van der Waals surface area (Å²) in [5.74, 6) is -0.417. The molecule has 0 radical (unpaired) electrons. The van der Waals surface area contributed by atoms with E-state index >= 15 is 0 Å². The number of esters is 1. The number of aliphatic hydroxyl groups is 3. The van der Waals surface area contributed by atoms with Gasteiger partial charge in [-0.2, -0.15) is 8.42 Å². The molecule has 0 amide bonds. The van der Waals surface area contributed by atoms with Gasteiger partial charge in [0.25, 0.3) is 0 Å². The molecule has 6 atom stereocenters. The van der Waals surface area contributed by atoms with Crippen LogP contribution >= 0.6 is 0 Å². The van der Waals surface area contributed by atoms with Crippen LogP contribution in [-0.2, 0) is 38.3 Å². The molecular weight excluding hydrogens is 825 g/mol. The van der Waals surface area contributed by atoms with Gasteiger partial charge in [0, 0.05) is 13.0 Å². The Bertz CT molecular complexity index is 1330. The van der Waals surface area contributed by atoms with E-state index in [0.29, 0.717) is 13.0 Å². The summed E-state index contributed by atoms with van der Waals surface area (Å²) < 4.78 is 59.2. The number of carbonyl (C=O) groups excluding carboxylic acids is 1. The van der Waals surface area contributed by atoms with Crippen LogP contribution in [0.4, 0.5) is 0 Å². The molecule has 1 fully saturated rings. The molecule has 366 valence electrons. The van der Waals surface area contributed by atoms with E-state index in [0.717, 1.165) is 89.9 Å². The van der Waals surface area contributed by atoms with Gasteiger partial charge in [0.05, 0.1) is 19.8 Å². The topological polar surface area (TPSA) is 178 Å². The van der Waals surface area contributed by atoms with Crippen LogP contribution in [0.2, 0.25) is 0 Å². The molecule has 12 nitrogen and oxygen atoms in total. The fraction of sp³-hybridized carbons (Fsp3) is 0.780. The van der Waals surface area contributed by atoms with Gasteiger partial charge in [0.15, 0.2) is 6.29 Å². The summed E-state index contributed by atoms with van der Waals surface area (Å²) in [7, 11) is -5.07. The molecule has 0 saturated carbocycles. The minimum absolute atomic E-state index is 0.0210. The Kier molecular flexibility index (Phi) is 38.5. The first-order chi connectivity index (χ1) is 30.6. The van der Waals surface area contributed by atoms with E-state index in [1.54, 1.807) is 0 Å². The molecule has 1 aliphatic rings. The molecule has 0 spiro atoms. The van der Waals surface area contributed by atoms with Gasteiger partial charge in [-0.25, -0.2) is 4.18 Å². The van der Waals surface area contributed by atoms with E-state index in [1.807, 2.05) is 0 Å². The first-order valence-corrected chi connectivity index (χ1v) is 25.9. The number of unbranched alkanes of at least 4 members (excludes halogenated alkanes) is 19. The fourth-order valence-electron chi connectivity index (χ4n) is 7.12. The van der Waals surface area contributed by atoms with Gasteiger partial charge in [0.2, 0.25) is 0 Å². The molecular formula is C50H88O12S. The third-order valence-electron chi connectivity index (χ3n) is 10.9. The normalized spacial score (nSPS) is 20.4. The van der Waals surface area contributed by atoms with Crippen molar-refractivity contribution < 1.29 is 56.2 Å². The first kappa shape index (κ1) is 58.8. The molecule has 0 aliphatic carbocycles. The second-order valence-corrected chi connectivity index (χ2v) is 17.7. The lowest BCUT2D eigenvalue weighted by Gasteiger charge is -2.41. The maximum absolute atomic E-state index is 12.9. The molecule has 13 heteroatoms. The lowest BCUT2D eigenvalue weighted by molar-refractivity contribution is -0.301. The zero-order valence-corrected chi connectivity index (χ0v) is 39.9. The van der Waals surface area contributed by atoms with Crippen molar-refractivity contribution >= 4 is 16.4 Å². The third-order valence-corrected chi connectivity index (χ3v) is 11.3. The molecule has 63 heavy (non-hydrogen) atoms. The van der Waals surface area contributed by atoms with Crippen LogP contribution < -0.4 is 0 Å². The molecule has 6 unspecified atom stereocenters. The van der Waals surface area contributed by atoms with Crippen molar-refractivity contribution in [3.05, 3.63) is 60.8 Å². The van der Waals surface area contributed by atoms with Gasteiger partial charge in [-0.3, -0.25) is 9.35 Å². The first-order valence-electron chi connectivity index (χ1n) is 24.5.